The van der Waals surface area contributed by atoms with Gasteiger partial charge in [0.25, 0.3) is 0 Å². The van der Waals surface area contributed by atoms with Crippen LogP contribution >= 0.6 is 23.6 Å². The zero-order valence-electron chi connectivity index (χ0n) is 14.9. The van der Waals surface area contributed by atoms with Crippen LogP contribution in [0.5, 0.6) is 5.75 Å². The molecule has 0 N–H and O–H groups in total. The van der Waals surface area contributed by atoms with E-state index in [1.165, 1.54) is 19.3 Å². The topological polar surface area (TPSA) is 23.4 Å². The fourth-order valence-electron chi connectivity index (χ4n) is 3.50. The summed E-state index contributed by atoms with van der Waals surface area (Å²) in [6, 6.07) is 8.09. The molecule has 0 bridgehead atoms. The molecule has 3 rings (SSSR count). The number of benzene rings is 1. The van der Waals surface area contributed by atoms with Crippen molar-refractivity contribution in [2.75, 3.05) is 7.11 Å². The SMILES string of the molecule is C=CC[C@@H]1CCCC[C@@H]1On1c(C)c(-c2ccc(OC)cc2)sc1=S. The van der Waals surface area contributed by atoms with Crippen molar-refractivity contribution < 1.29 is 9.57 Å². The second kappa shape index (κ2) is 8.19. The smallest absolute Gasteiger partial charge is 0.197 e. The van der Waals surface area contributed by atoms with Gasteiger partial charge in [0.2, 0.25) is 0 Å². The number of nitrogens with zero attached hydrogens (tertiary/aromatic N) is 1. The predicted molar refractivity (Wildman–Crippen MR) is 107 cm³/mol. The first-order valence-electron chi connectivity index (χ1n) is 8.79. The largest absolute Gasteiger partial charge is 0.497 e. The number of hydrogen-bond acceptors (Lipinski definition) is 4. The van der Waals surface area contributed by atoms with Crippen LogP contribution in [-0.2, 0) is 0 Å². The Morgan fingerprint density at radius 1 is 1.28 bits per heavy atom. The minimum atomic E-state index is 0.218. The fraction of sp³-hybridized carbons (Fsp3) is 0.450. The Morgan fingerprint density at radius 2 is 2.00 bits per heavy atom. The number of aromatic nitrogens is 1. The van der Waals surface area contributed by atoms with Gasteiger partial charge in [0.05, 0.1) is 17.7 Å². The van der Waals surface area contributed by atoms with Crippen molar-refractivity contribution in [3.8, 4) is 16.2 Å². The van der Waals surface area contributed by atoms with Crippen LogP contribution < -0.4 is 9.57 Å². The summed E-state index contributed by atoms with van der Waals surface area (Å²) >= 11 is 7.19. The normalized spacial score (nSPS) is 20.2. The zero-order valence-corrected chi connectivity index (χ0v) is 16.5. The first-order chi connectivity index (χ1) is 12.1. The summed E-state index contributed by atoms with van der Waals surface area (Å²) in [6.45, 7) is 5.98. The highest BCUT2D eigenvalue weighted by atomic mass is 32.1. The summed E-state index contributed by atoms with van der Waals surface area (Å²) in [4.78, 5) is 7.54. The van der Waals surface area contributed by atoms with Crippen molar-refractivity contribution in [2.24, 2.45) is 5.92 Å². The monoisotopic (exact) mass is 375 g/mol. The summed E-state index contributed by atoms with van der Waals surface area (Å²) in [7, 11) is 1.68. The Morgan fingerprint density at radius 3 is 2.68 bits per heavy atom. The van der Waals surface area contributed by atoms with Crippen molar-refractivity contribution in [3.63, 3.8) is 0 Å². The minimum Gasteiger partial charge on any atom is -0.497 e. The van der Waals surface area contributed by atoms with E-state index in [1.54, 1.807) is 18.4 Å². The lowest BCUT2D eigenvalue weighted by atomic mass is 9.84. The summed E-state index contributed by atoms with van der Waals surface area (Å²) in [6.07, 6.45) is 8.03. The van der Waals surface area contributed by atoms with E-state index in [9.17, 15) is 0 Å². The van der Waals surface area contributed by atoms with Gasteiger partial charge in [0.15, 0.2) is 3.95 Å². The van der Waals surface area contributed by atoms with Crippen LogP contribution in [0, 0.1) is 16.8 Å². The summed E-state index contributed by atoms with van der Waals surface area (Å²) in [5, 5.41) is 0. The molecule has 0 radical (unpaired) electrons. The van der Waals surface area contributed by atoms with Crippen molar-refractivity contribution in [1.29, 1.82) is 0 Å². The average Bonchev–Trinajstić information content (AvgIpc) is 2.92. The summed E-state index contributed by atoms with van der Waals surface area (Å²) < 4.78 is 7.88. The number of rotatable bonds is 6. The van der Waals surface area contributed by atoms with Gasteiger partial charge in [0.1, 0.15) is 11.9 Å². The number of ether oxygens (including phenoxy) is 1. The highest BCUT2D eigenvalue weighted by Crippen LogP contribution is 2.33. The van der Waals surface area contributed by atoms with Gasteiger partial charge in [0, 0.05) is 5.92 Å². The van der Waals surface area contributed by atoms with E-state index < -0.39 is 0 Å². The molecule has 1 aromatic carbocycles. The van der Waals surface area contributed by atoms with Crippen LogP contribution in [0.2, 0.25) is 0 Å². The molecule has 1 aliphatic rings. The van der Waals surface area contributed by atoms with Gasteiger partial charge in [-0.2, -0.15) is 4.73 Å². The van der Waals surface area contributed by atoms with E-state index in [0.29, 0.717) is 5.92 Å². The Bertz CT molecular complexity index is 776. The molecule has 3 nitrogen and oxygen atoms in total. The average molecular weight is 376 g/mol. The number of allylic oxidation sites excluding steroid dienone is 1. The van der Waals surface area contributed by atoms with E-state index in [0.717, 1.165) is 38.7 Å². The third-order valence-electron chi connectivity index (χ3n) is 4.89. The highest BCUT2D eigenvalue weighted by Gasteiger charge is 2.27. The van der Waals surface area contributed by atoms with Crippen molar-refractivity contribution >= 4 is 23.6 Å². The van der Waals surface area contributed by atoms with Crippen LogP contribution in [0.3, 0.4) is 0 Å². The van der Waals surface area contributed by atoms with Gasteiger partial charge in [-0.1, -0.05) is 12.5 Å². The lowest BCUT2D eigenvalue weighted by molar-refractivity contribution is -0.0228. The number of thiazole rings is 1. The van der Waals surface area contributed by atoms with E-state index >= 15 is 0 Å². The molecule has 1 fully saturated rings. The number of methoxy groups -OCH3 is 1. The van der Waals surface area contributed by atoms with Gasteiger partial charge in [-0.15, -0.1) is 17.9 Å². The number of hydrogen-bond donors (Lipinski definition) is 0. The Balaban J connectivity index is 1.86. The standard InChI is InChI=1S/C20H25NO2S2/c1-4-7-15-8-5-6-9-18(15)23-21-14(2)19(25-20(21)24)16-10-12-17(22-3)13-11-16/h4,10-13,15,18H,1,5-9H2,2-3H3/t15-,18+/m1/s1. The molecule has 5 heteroatoms. The molecule has 1 aromatic heterocycles. The Hall–Kier alpha value is -1.59. The van der Waals surface area contributed by atoms with Crippen LogP contribution in [0.4, 0.5) is 0 Å². The molecule has 1 saturated carbocycles. The molecule has 0 spiro atoms. The van der Waals surface area contributed by atoms with Crippen LogP contribution in [0.15, 0.2) is 36.9 Å². The van der Waals surface area contributed by atoms with Crippen LogP contribution in [-0.4, -0.2) is 17.9 Å². The Labute approximate surface area is 158 Å². The lowest BCUT2D eigenvalue weighted by Crippen LogP contribution is -2.35. The highest BCUT2D eigenvalue weighted by molar-refractivity contribution is 7.73. The first-order valence-corrected chi connectivity index (χ1v) is 10.0. The second-order valence-electron chi connectivity index (χ2n) is 6.52. The molecule has 0 aliphatic heterocycles. The van der Waals surface area contributed by atoms with Crippen molar-refractivity contribution in [1.82, 2.24) is 4.73 Å². The molecule has 2 aromatic rings. The molecule has 1 heterocycles. The molecular formula is C20H25NO2S2. The predicted octanol–water partition coefficient (Wildman–Crippen LogP) is 5.83. The minimum absolute atomic E-state index is 0.218. The maximum atomic E-state index is 6.38. The maximum Gasteiger partial charge on any atom is 0.197 e. The molecule has 1 aliphatic carbocycles. The van der Waals surface area contributed by atoms with E-state index in [-0.39, 0.29) is 6.10 Å². The fourth-order valence-corrected chi connectivity index (χ4v) is 4.85. The summed E-state index contributed by atoms with van der Waals surface area (Å²) in [5.41, 5.74) is 2.21. The third kappa shape index (κ3) is 3.98. The molecule has 0 saturated heterocycles. The second-order valence-corrected chi connectivity index (χ2v) is 8.16. The zero-order chi connectivity index (χ0) is 17.8. The van der Waals surface area contributed by atoms with Crippen LogP contribution in [0.1, 0.15) is 37.8 Å². The first kappa shape index (κ1) is 18.2. The van der Waals surface area contributed by atoms with Gasteiger partial charge in [-0.3, -0.25) is 0 Å². The Kier molecular flexibility index (Phi) is 5.97. The molecule has 2 atom stereocenters. The van der Waals surface area contributed by atoms with Gasteiger partial charge >= 0.3 is 0 Å². The van der Waals surface area contributed by atoms with E-state index in [4.69, 9.17) is 21.8 Å². The quantitative estimate of drug-likeness (QED) is 0.469. The van der Waals surface area contributed by atoms with Crippen molar-refractivity contribution in [3.05, 3.63) is 46.6 Å². The van der Waals surface area contributed by atoms with Gasteiger partial charge in [-0.25, -0.2) is 0 Å². The van der Waals surface area contributed by atoms with Crippen molar-refractivity contribution in [2.45, 2.75) is 45.1 Å². The molecule has 134 valence electrons. The third-order valence-corrected chi connectivity index (χ3v) is 6.38. The maximum absolute atomic E-state index is 6.38. The molecule has 0 amide bonds. The molecular weight excluding hydrogens is 350 g/mol. The van der Waals surface area contributed by atoms with E-state index in [1.807, 2.05) is 22.9 Å². The molecule has 0 unspecified atom stereocenters. The summed E-state index contributed by atoms with van der Waals surface area (Å²) in [5.74, 6) is 1.40. The van der Waals surface area contributed by atoms with Crippen LogP contribution in [0.25, 0.3) is 10.4 Å². The van der Waals surface area contributed by atoms with Gasteiger partial charge in [-0.05, 0) is 74.7 Å². The molecule has 25 heavy (non-hydrogen) atoms. The lowest BCUT2D eigenvalue weighted by Gasteiger charge is -2.31. The van der Waals surface area contributed by atoms with E-state index in [2.05, 4.69) is 25.6 Å². The van der Waals surface area contributed by atoms with Gasteiger partial charge < -0.3 is 9.57 Å².